The van der Waals surface area contributed by atoms with E-state index in [1.165, 1.54) is 18.2 Å². The van der Waals surface area contributed by atoms with E-state index >= 15 is 0 Å². The van der Waals surface area contributed by atoms with E-state index in [9.17, 15) is 14.5 Å². The van der Waals surface area contributed by atoms with Crippen molar-refractivity contribution in [3.05, 3.63) is 81.8 Å². The highest BCUT2D eigenvalue weighted by molar-refractivity contribution is 5.56. The third kappa shape index (κ3) is 3.91. The fourth-order valence-corrected chi connectivity index (χ4v) is 1.68. The summed E-state index contributed by atoms with van der Waals surface area (Å²) in [7, 11) is 0. The number of ether oxygens (including phenoxy) is 1. The lowest BCUT2D eigenvalue weighted by molar-refractivity contribution is -0.400. The van der Waals surface area contributed by atoms with Gasteiger partial charge in [0, 0.05) is 11.6 Å². The molecular weight excluding hydrogens is 261 g/mol. The van der Waals surface area contributed by atoms with Crippen molar-refractivity contribution in [3.63, 3.8) is 0 Å². The van der Waals surface area contributed by atoms with Crippen LogP contribution >= 0.6 is 0 Å². The van der Waals surface area contributed by atoms with Crippen LogP contribution in [0.5, 0.6) is 5.75 Å². The Bertz CT molecular complexity index is 641. The molecule has 2 aromatic carbocycles. The van der Waals surface area contributed by atoms with Gasteiger partial charge in [0.25, 0.3) is 0 Å². The Labute approximate surface area is 115 Å². The molecule has 0 radical (unpaired) electrons. The fraction of sp³-hybridized carbons (Fsp3) is 0.0667. The molecule has 5 heteroatoms. The molecule has 0 N–H and O–H groups in total. The SMILES string of the molecule is O=[N+]([O-])/C=C/c1ccccc1OCc1cccc(F)c1. The van der Waals surface area contributed by atoms with Crippen LogP contribution < -0.4 is 4.74 Å². The zero-order chi connectivity index (χ0) is 14.4. The number of hydrogen-bond acceptors (Lipinski definition) is 3. The van der Waals surface area contributed by atoms with Crippen LogP contribution in [0.1, 0.15) is 11.1 Å². The first-order valence-electron chi connectivity index (χ1n) is 5.93. The van der Waals surface area contributed by atoms with Crippen LogP contribution in [0.25, 0.3) is 6.08 Å². The molecule has 0 heterocycles. The molecule has 0 saturated carbocycles. The molecule has 0 aliphatic heterocycles. The minimum atomic E-state index is -0.538. The predicted octanol–water partition coefficient (Wildman–Crippen LogP) is 3.65. The van der Waals surface area contributed by atoms with Gasteiger partial charge in [-0.3, -0.25) is 10.1 Å². The van der Waals surface area contributed by atoms with E-state index in [0.29, 0.717) is 16.9 Å². The number of nitro groups is 1. The molecule has 0 fully saturated rings. The van der Waals surface area contributed by atoms with Crippen molar-refractivity contribution in [2.24, 2.45) is 0 Å². The third-order valence-corrected chi connectivity index (χ3v) is 2.58. The van der Waals surface area contributed by atoms with Gasteiger partial charge < -0.3 is 4.74 Å². The first kappa shape index (κ1) is 13.7. The van der Waals surface area contributed by atoms with Crippen LogP contribution in [0.2, 0.25) is 0 Å². The van der Waals surface area contributed by atoms with Crippen molar-refractivity contribution in [1.29, 1.82) is 0 Å². The Morgan fingerprint density at radius 2 is 2.00 bits per heavy atom. The van der Waals surface area contributed by atoms with E-state index < -0.39 is 4.92 Å². The summed E-state index contributed by atoms with van der Waals surface area (Å²) in [5.41, 5.74) is 1.29. The molecule has 0 saturated heterocycles. The Hall–Kier alpha value is -2.69. The smallest absolute Gasteiger partial charge is 0.235 e. The number of halogens is 1. The summed E-state index contributed by atoms with van der Waals surface area (Å²) in [6, 6.07) is 13.0. The van der Waals surface area contributed by atoms with Crippen molar-refractivity contribution < 1.29 is 14.1 Å². The summed E-state index contributed by atoms with van der Waals surface area (Å²) < 4.78 is 18.6. The standard InChI is InChI=1S/C15H12FNO3/c16-14-6-3-4-12(10-14)11-20-15-7-2-1-5-13(15)8-9-17(18)19/h1-10H,11H2/b9-8+. The van der Waals surface area contributed by atoms with Gasteiger partial charge in [0.05, 0.1) is 4.92 Å². The molecule has 0 spiro atoms. The minimum Gasteiger partial charge on any atom is -0.488 e. The van der Waals surface area contributed by atoms with E-state index in [4.69, 9.17) is 4.74 Å². The maximum atomic E-state index is 13.0. The Balaban J connectivity index is 2.11. The molecule has 0 amide bonds. The molecule has 0 unspecified atom stereocenters. The summed E-state index contributed by atoms with van der Waals surface area (Å²) in [4.78, 5) is 9.80. The molecule has 2 rings (SSSR count). The summed E-state index contributed by atoms with van der Waals surface area (Å²) in [5, 5.41) is 10.3. The number of nitrogens with zero attached hydrogens (tertiary/aromatic N) is 1. The molecule has 2 aromatic rings. The zero-order valence-corrected chi connectivity index (χ0v) is 10.5. The second-order valence-electron chi connectivity index (χ2n) is 4.06. The normalized spacial score (nSPS) is 10.7. The minimum absolute atomic E-state index is 0.196. The number of hydrogen-bond donors (Lipinski definition) is 0. The number of benzene rings is 2. The van der Waals surface area contributed by atoms with Crippen LogP contribution in [0.4, 0.5) is 4.39 Å². The highest BCUT2D eigenvalue weighted by Gasteiger charge is 2.02. The molecule has 0 aliphatic carbocycles. The van der Waals surface area contributed by atoms with E-state index in [2.05, 4.69) is 0 Å². The van der Waals surface area contributed by atoms with Crippen LogP contribution in [-0.2, 0) is 6.61 Å². The molecular formula is C15H12FNO3. The highest BCUT2D eigenvalue weighted by Crippen LogP contribution is 2.21. The van der Waals surface area contributed by atoms with E-state index in [0.717, 1.165) is 6.20 Å². The lowest BCUT2D eigenvalue weighted by atomic mass is 10.2. The van der Waals surface area contributed by atoms with Gasteiger partial charge in [-0.1, -0.05) is 30.3 Å². The molecule has 0 aliphatic rings. The summed E-state index contributed by atoms with van der Waals surface area (Å²) in [5.74, 6) is 0.183. The Kier molecular flexibility index (Phi) is 4.44. The van der Waals surface area contributed by atoms with Crippen molar-refractivity contribution in [2.75, 3.05) is 0 Å². The van der Waals surface area contributed by atoms with Crippen molar-refractivity contribution in [2.45, 2.75) is 6.61 Å². The van der Waals surface area contributed by atoms with Crippen molar-refractivity contribution >= 4 is 6.08 Å². The fourth-order valence-electron chi connectivity index (χ4n) is 1.68. The highest BCUT2D eigenvalue weighted by atomic mass is 19.1. The van der Waals surface area contributed by atoms with Crippen LogP contribution in [0, 0.1) is 15.9 Å². The second-order valence-corrected chi connectivity index (χ2v) is 4.06. The maximum absolute atomic E-state index is 13.0. The topological polar surface area (TPSA) is 52.4 Å². The zero-order valence-electron chi connectivity index (χ0n) is 10.5. The number of para-hydroxylation sites is 1. The largest absolute Gasteiger partial charge is 0.488 e. The third-order valence-electron chi connectivity index (χ3n) is 2.58. The van der Waals surface area contributed by atoms with Gasteiger partial charge in [-0.15, -0.1) is 0 Å². The average molecular weight is 273 g/mol. The van der Waals surface area contributed by atoms with E-state index in [-0.39, 0.29) is 12.4 Å². The van der Waals surface area contributed by atoms with Gasteiger partial charge in [-0.25, -0.2) is 4.39 Å². The van der Waals surface area contributed by atoms with Crippen LogP contribution in [0.15, 0.2) is 54.7 Å². The maximum Gasteiger partial charge on any atom is 0.235 e. The van der Waals surface area contributed by atoms with Gasteiger partial charge in [0.2, 0.25) is 6.20 Å². The van der Waals surface area contributed by atoms with Crippen LogP contribution in [0.3, 0.4) is 0 Å². The van der Waals surface area contributed by atoms with Gasteiger partial charge in [0.15, 0.2) is 0 Å². The molecule has 102 valence electrons. The molecule has 4 nitrogen and oxygen atoms in total. The molecule has 0 bridgehead atoms. The quantitative estimate of drug-likeness (QED) is 0.617. The molecule has 20 heavy (non-hydrogen) atoms. The van der Waals surface area contributed by atoms with Crippen LogP contribution in [-0.4, -0.2) is 4.92 Å². The molecule has 0 aromatic heterocycles. The monoisotopic (exact) mass is 273 g/mol. The first-order valence-corrected chi connectivity index (χ1v) is 5.93. The van der Waals surface area contributed by atoms with Gasteiger partial charge in [-0.05, 0) is 23.8 Å². The lowest BCUT2D eigenvalue weighted by Gasteiger charge is -2.08. The van der Waals surface area contributed by atoms with Gasteiger partial charge in [0.1, 0.15) is 18.2 Å². The predicted molar refractivity (Wildman–Crippen MR) is 73.2 cm³/mol. The molecule has 0 atom stereocenters. The van der Waals surface area contributed by atoms with E-state index in [1.54, 1.807) is 36.4 Å². The average Bonchev–Trinajstić information content (AvgIpc) is 2.44. The van der Waals surface area contributed by atoms with Crippen molar-refractivity contribution in [3.8, 4) is 5.75 Å². The van der Waals surface area contributed by atoms with Gasteiger partial charge in [-0.2, -0.15) is 0 Å². The van der Waals surface area contributed by atoms with Gasteiger partial charge >= 0.3 is 0 Å². The number of rotatable bonds is 5. The first-order chi connectivity index (χ1) is 9.65. The summed E-state index contributed by atoms with van der Waals surface area (Å²) >= 11 is 0. The lowest BCUT2D eigenvalue weighted by Crippen LogP contribution is -1.97. The van der Waals surface area contributed by atoms with Crippen molar-refractivity contribution in [1.82, 2.24) is 0 Å². The Morgan fingerprint density at radius 3 is 2.75 bits per heavy atom. The van der Waals surface area contributed by atoms with E-state index in [1.807, 2.05) is 0 Å². The Morgan fingerprint density at radius 1 is 1.20 bits per heavy atom. The summed E-state index contributed by atoms with van der Waals surface area (Å²) in [6.07, 6.45) is 2.21. The second kappa shape index (κ2) is 6.47. The summed E-state index contributed by atoms with van der Waals surface area (Å²) in [6.45, 7) is 0.196.